The maximum absolute atomic E-state index is 12.4. The van der Waals surface area contributed by atoms with Gasteiger partial charge in [0.2, 0.25) is 0 Å². The van der Waals surface area contributed by atoms with Gasteiger partial charge in [-0.3, -0.25) is 9.59 Å². The average molecular weight is 352 g/mol. The molecule has 1 aromatic heterocycles. The third kappa shape index (κ3) is 4.89. The fourth-order valence-electron chi connectivity index (χ4n) is 2.16. The lowest BCUT2D eigenvalue weighted by atomic mass is 10.1. The third-order valence-corrected chi connectivity index (χ3v) is 4.98. The molecule has 2 rings (SSSR count). The molecule has 122 valence electrons. The summed E-state index contributed by atoms with van der Waals surface area (Å²) in [4.78, 5) is 26.0. The van der Waals surface area contributed by atoms with E-state index in [2.05, 4.69) is 5.32 Å². The van der Waals surface area contributed by atoms with Gasteiger partial charge in [0.05, 0.1) is 16.3 Å². The van der Waals surface area contributed by atoms with Crippen molar-refractivity contribution in [2.24, 2.45) is 0 Å². The Morgan fingerprint density at radius 3 is 2.65 bits per heavy atom. The maximum Gasteiger partial charge on any atom is 0.282 e. The monoisotopic (exact) mass is 351 g/mol. The summed E-state index contributed by atoms with van der Waals surface area (Å²) in [6, 6.07) is 10.6. The van der Waals surface area contributed by atoms with Crippen LogP contribution in [0.3, 0.4) is 0 Å². The van der Waals surface area contributed by atoms with Gasteiger partial charge >= 0.3 is 0 Å². The minimum atomic E-state index is -0.225. The van der Waals surface area contributed by atoms with E-state index in [1.54, 1.807) is 24.3 Å². The zero-order valence-corrected chi connectivity index (χ0v) is 14.9. The van der Waals surface area contributed by atoms with Gasteiger partial charge in [0.25, 0.3) is 5.91 Å². The van der Waals surface area contributed by atoms with Gasteiger partial charge in [-0.25, -0.2) is 0 Å². The van der Waals surface area contributed by atoms with Gasteiger partial charge in [0, 0.05) is 11.3 Å². The second-order valence-electron chi connectivity index (χ2n) is 5.58. The van der Waals surface area contributed by atoms with Crippen molar-refractivity contribution in [3.8, 4) is 0 Å². The standard InChI is InChI=1S/C17H19ClN2O2S/c1-11(20(3)10-15-7-8-16(18)23-15)17(22)19-14-6-4-5-13(9-14)12(2)21/h4-9,11H,10H2,1-3H3,(H,19,22)/p+1/t11-/m0/s1. The van der Waals surface area contributed by atoms with Crippen molar-refractivity contribution in [2.45, 2.75) is 26.4 Å². The second-order valence-corrected chi connectivity index (χ2v) is 7.38. The fourth-order valence-corrected chi connectivity index (χ4v) is 3.35. The summed E-state index contributed by atoms with van der Waals surface area (Å²) in [5.74, 6) is -0.0997. The van der Waals surface area contributed by atoms with Crippen LogP contribution in [0, 0.1) is 0 Å². The third-order valence-electron chi connectivity index (χ3n) is 3.75. The van der Waals surface area contributed by atoms with Crippen LogP contribution < -0.4 is 10.2 Å². The summed E-state index contributed by atoms with van der Waals surface area (Å²) >= 11 is 7.47. The van der Waals surface area contributed by atoms with Gasteiger partial charge in [-0.1, -0.05) is 23.7 Å². The Balaban J connectivity index is 1.99. The fraction of sp³-hybridized carbons (Fsp3) is 0.294. The van der Waals surface area contributed by atoms with Crippen molar-refractivity contribution >= 4 is 40.3 Å². The first-order valence-corrected chi connectivity index (χ1v) is 8.54. The van der Waals surface area contributed by atoms with Crippen LogP contribution in [0.4, 0.5) is 5.69 Å². The minimum absolute atomic E-state index is 0.0218. The number of carbonyl (C=O) groups excluding carboxylic acids is 2. The number of hydrogen-bond donors (Lipinski definition) is 2. The molecule has 4 nitrogen and oxygen atoms in total. The number of carbonyl (C=O) groups is 2. The highest BCUT2D eigenvalue weighted by Gasteiger charge is 2.22. The number of ketones is 1. The van der Waals surface area contributed by atoms with Gasteiger partial charge in [0.15, 0.2) is 11.8 Å². The van der Waals surface area contributed by atoms with E-state index in [1.807, 2.05) is 26.1 Å². The molecule has 0 saturated heterocycles. The minimum Gasteiger partial charge on any atom is -0.323 e. The van der Waals surface area contributed by atoms with Gasteiger partial charge in [-0.2, -0.15) is 0 Å². The Kier molecular flexibility index (Phi) is 5.93. The summed E-state index contributed by atoms with van der Waals surface area (Å²) in [5.41, 5.74) is 1.23. The molecular weight excluding hydrogens is 332 g/mol. The van der Waals surface area contributed by atoms with Crippen LogP contribution in [0.5, 0.6) is 0 Å². The van der Waals surface area contributed by atoms with Crippen molar-refractivity contribution in [1.29, 1.82) is 0 Å². The predicted molar refractivity (Wildman–Crippen MR) is 94.5 cm³/mol. The van der Waals surface area contributed by atoms with Crippen molar-refractivity contribution in [3.63, 3.8) is 0 Å². The van der Waals surface area contributed by atoms with E-state index >= 15 is 0 Å². The lowest BCUT2D eigenvalue weighted by Gasteiger charge is -2.20. The summed E-state index contributed by atoms with van der Waals surface area (Å²) in [6.07, 6.45) is 0. The van der Waals surface area contributed by atoms with Gasteiger partial charge in [0.1, 0.15) is 6.54 Å². The number of anilines is 1. The predicted octanol–water partition coefficient (Wildman–Crippen LogP) is 2.65. The highest BCUT2D eigenvalue weighted by molar-refractivity contribution is 7.16. The van der Waals surface area contributed by atoms with Crippen molar-refractivity contribution < 1.29 is 14.5 Å². The molecular formula is C17H20ClN2O2S+. The van der Waals surface area contributed by atoms with Crippen molar-refractivity contribution in [3.05, 3.63) is 51.2 Å². The Hall–Kier alpha value is -1.69. The lowest BCUT2D eigenvalue weighted by Crippen LogP contribution is -3.12. The second kappa shape index (κ2) is 7.73. The lowest BCUT2D eigenvalue weighted by molar-refractivity contribution is -0.907. The molecule has 0 bridgehead atoms. The van der Waals surface area contributed by atoms with Gasteiger partial charge in [-0.15, -0.1) is 11.3 Å². The maximum atomic E-state index is 12.4. The van der Waals surface area contributed by atoms with Gasteiger partial charge in [-0.05, 0) is 38.1 Å². The van der Waals surface area contributed by atoms with Crippen LogP contribution in [-0.2, 0) is 11.3 Å². The zero-order valence-electron chi connectivity index (χ0n) is 13.4. The average Bonchev–Trinajstić information content (AvgIpc) is 2.91. The highest BCUT2D eigenvalue weighted by atomic mass is 35.5. The Labute approximate surface area is 145 Å². The SMILES string of the molecule is CC(=O)c1cccc(NC(=O)[C@H](C)[NH+](C)Cc2ccc(Cl)s2)c1. The van der Waals surface area contributed by atoms with Crippen molar-refractivity contribution in [2.75, 3.05) is 12.4 Å². The molecule has 2 atom stereocenters. The number of nitrogens with one attached hydrogen (secondary N) is 2. The first-order valence-electron chi connectivity index (χ1n) is 7.35. The largest absolute Gasteiger partial charge is 0.323 e. The Bertz CT molecular complexity index is 714. The van der Waals surface area contributed by atoms with Gasteiger partial charge < -0.3 is 10.2 Å². The highest BCUT2D eigenvalue weighted by Crippen LogP contribution is 2.20. The number of Topliss-reactive ketones (excluding diaryl/α,β-unsaturated/α-hetero) is 1. The van der Waals surface area contributed by atoms with Crippen LogP contribution in [0.2, 0.25) is 4.34 Å². The first kappa shape index (κ1) is 17.7. The number of likely N-dealkylation sites (N-methyl/N-ethyl adjacent to an activating group) is 1. The van der Waals surface area contributed by atoms with E-state index in [0.29, 0.717) is 11.3 Å². The Morgan fingerprint density at radius 2 is 2.04 bits per heavy atom. The normalized spacial score (nSPS) is 13.4. The molecule has 0 fully saturated rings. The summed E-state index contributed by atoms with van der Waals surface area (Å²) in [7, 11) is 1.98. The molecule has 2 N–H and O–H groups in total. The molecule has 0 aliphatic heterocycles. The van der Waals surface area contributed by atoms with Crippen LogP contribution in [-0.4, -0.2) is 24.8 Å². The number of amides is 1. The summed E-state index contributed by atoms with van der Waals surface area (Å²) in [6.45, 7) is 4.13. The molecule has 1 heterocycles. The summed E-state index contributed by atoms with van der Waals surface area (Å²) in [5, 5.41) is 2.87. The van der Waals surface area contributed by atoms with E-state index in [1.165, 1.54) is 18.3 Å². The van der Waals surface area contributed by atoms with Crippen LogP contribution in [0.1, 0.15) is 29.1 Å². The number of thiophene rings is 1. The molecule has 0 aliphatic rings. The van der Waals surface area contributed by atoms with E-state index in [4.69, 9.17) is 11.6 Å². The van der Waals surface area contributed by atoms with E-state index in [-0.39, 0.29) is 17.7 Å². The van der Waals surface area contributed by atoms with Crippen LogP contribution >= 0.6 is 22.9 Å². The molecule has 1 aromatic carbocycles. The molecule has 0 aliphatic carbocycles. The molecule has 1 unspecified atom stereocenters. The molecule has 0 saturated carbocycles. The number of rotatable bonds is 6. The molecule has 6 heteroatoms. The molecule has 0 spiro atoms. The Morgan fingerprint density at radius 1 is 1.30 bits per heavy atom. The quantitative estimate of drug-likeness (QED) is 0.786. The number of benzene rings is 1. The number of hydrogen-bond acceptors (Lipinski definition) is 3. The van der Waals surface area contributed by atoms with E-state index in [9.17, 15) is 9.59 Å². The van der Waals surface area contributed by atoms with E-state index < -0.39 is 0 Å². The van der Waals surface area contributed by atoms with E-state index in [0.717, 1.165) is 20.7 Å². The molecule has 23 heavy (non-hydrogen) atoms. The van der Waals surface area contributed by atoms with Crippen LogP contribution in [0.15, 0.2) is 36.4 Å². The number of halogens is 1. The zero-order chi connectivity index (χ0) is 17.0. The topological polar surface area (TPSA) is 50.6 Å². The molecule has 0 radical (unpaired) electrons. The first-order chi connectivity index (χ1) is 10.9. The molecule has 1 amide bonds. The van der Waals surface area contributed by atoms with Crippen LogP contribution in [0.25, 0.3) is 0 Å². The van der Waals surface area contributed by atoms with Crippen molar-refractivity contribution in [1.82, 2.24) is 0 Å². The summed E-state index contributed by atoms with van der Waals surface area (Å²) < 4.78 is 0.756. The smallest absolute Gasteiger partial charge is 0.282 e. The number of quaternary nitrogens is 1. The molecule has 2 aromatic rings.